The Bertz CT molecular complexity index is 1600. The number of methoxy groups -OCH3 is 1. The monoisotopic (exact) mass is 564 g/mol. The van der Waals surface area contributed by atoms with Crippen LogP contribution < -0.4 is 10.1 Å². The maximum Gasteiger partial charge on any atom is 0.416 e. The summed E-state index contributed by atoms with van der Waals surface area (Å²) in [5, 5.41) is 12.0. The van der Waals surface area contributed by atoms with Gasteiger partial charge in [-0.25, -0.2) is 0 Å². The number of hydrogen-bond donors (Lipinski definition) is 1. The summed E-state index contributed by atoms with van der Waals surface area (Å²) in [5.41, 5.74) is 1.55. The highest BCUT2D eigenvalue weighted by molar-refractivity contribution is 7.98. The second-order valence-corrected chi connectivity index (χ2v) is 9.59. The Hall–Kier alpha value is -4.51. The van der Waals surface area contributed by atoms with Crippen LogP contribution in [0.5, 0.6) is 5.75 Å². The molecule has 204 valence electrons. The Morgan fingerprint density at radius 3 is 2.52 bits per heavy atom. The zero-order valence-electron chi connectivity index (χ0n) is 21.2. The number of benzene rings is 3. The van der Waals surface area contributed by atoms with Gasteiger partial charge in [0.1, 0.15) is 5.75 Å². The minimum atomic E-state index is -4.45. The lowest BCUT2D eigenvalue weighted by atomic mass is 10.1. The molecule has 40 heavy (non-hydrogen) atoms. The largest absolute Gasteiger partial charge is 0.497 e. The van der Waals surface area contributed by atoms with Gasteiger partial charge >= 0.3 is 6.18 Å². The third-order valence-electron chi connectivity index (χ3n) is 6.03. The minimum Gasteiger partial charge on any atom is -0.497 e. The molecule has 0 unspecified atom stereocenters. The van der Waals surface area contributed by atoms with E-state index in [0.717, 1.165) is 23.4 Å². The molecule has 0 aliphatic heterocycles. The first-order chi connectivity index (χ1) is 19.3. The summed E-state index contributed by atoms with van der Waals surface area (Å²) < 4.78 is 51.9. The van der Waals surface area contributed by atoms with E-state index in [1.807, 2.05) is 41.0 Å². The van der Waals surface area contributed by atoms with Crippen molar-refractivity contribution in [1.82, 2.24) is 20.1 Å². The van der Waals surface area contributed by atoms with Crippen LogP contribution in [0.3, 0.4) is 0 Å². The fraction of sp³-hybridized carbons (Fsp3) is 0.138. The molecule has 0 aliphatic carbocycles. The summed E-state index contributed by atoms with van der Waals surface area (Å²) in [4.78, 5) is 13.0. The lowest BCUT2D eigenvalue weighted by Gasteiger charge is -2.13. The fourth-order valence-electron chi connectivity index (χ4n) is 4.04. The van der Waals surface area contributed by atoms with Gasteiger partial charge in [0.15, 0.2) is 10.9 Å². The molecule has 5 rings (SSSR count). The summed E-state index contributed by atoms with van der Waals surface area (Å²) >= 11 is 1.39. The molecular weight excluding hydrogens is 541 g/mol. The number of carbonyl (C=O) groups excluding carboxylic acids is 1. The number of halogens is 3. The zero-order chi connectivity index (χ0) is 28.1. The van der Waals surface area contributed by atoms with Crippen molar-refractivity contribution in [2.45, 2.75) is 23.6 Å². The molecule has 2 aromatic heterocycles. The number of thioether (sulfide) groups is 1. The Labute approximate surface area is 232 Å². The standard InChI is InChI=1S/C29H23F3N4O3S/c1-38-23-13-11-22(12-14-23)36-26(25-10-5-15-39-25)34-35-28(36)40-18-20-7-2-3-9-24(20)27(37)33-17-19-6-4-8-21(16-19)29(30,31)32/h2-16H,17-18H2,1H3,(H,33,37). The van der Waals surface area contributed by atoms with Gasteiger partial charge in [-0.15, -0.1) is 10.2 Å². The van der Waals surface area contributed by atoms with E-state index in [1.54, 1.807) is 43.7 Å². The second-order valence-electron chi connectivity index (χ2n) is 8.64. The number of amides is 1. The minimum absolute atomic E-state index is 0.0392. The van der Waals surface area contributed by atoms with E-state index < -0.39 is 11.7 Å². The molecule has 0 saturated carbocycles. The molecular formula is C29H23F3N4O3S. The Kier molecular flexibility index (Phi) is 7.92. The molecule has 3 aromatic carbocycles. The van der Waals surface area contributed by atoms with Gasteiger partial charge in [-0.2, -0.15) is 13.2 Å². The predicted octanol–water partition coefficient (Wildman–Crippen LogP) is 6.78. The van der Waals surface area contributed by atoms with Crippen molar-refractivity contribution in [3.63, 3.8) is 0 Å². The molecule has 11 heteroatoms. The zero-order valence-corrected chi connectivity index (χ0v) is 22.0. The van der Waals surface area contributed by atoms with Crippen molar-refractivity contribution >= 4 is 17.7 Å². The van der Waals surface area contributed by atoms with E-state index in [2.05, 4.69) is 15.5 Å². The molecule has 0 aliphatic rings. The van der Waals surface area contributed by atoms with Crippen molar-refractivity contribution in [2.75, 3.05) is 7.11 Å². The van der Waals surface area contributed by atoms with E-state index in [-0.39, 0.29) is 12.5 Å². The molecule has 0 bridgehead atoms. The number of aromatic nitrogens is 3. The Morgan fingerprint density at radius 2 is 1.80 bits per heavy atom. The summed E-state index contributed by atoms with van der Waals surface area (Å²) in [6.07, 6.45) is -2.89. The lowest BCUT2D eigenvalue weighted by Crippen LogP contribution is -2.24. The highest BCUT2D eigenvalue weighted by atomic mass is 32.2. The average Bonchev–Trinajstić information content (AvgIpc) is 3.65. The fourth-order valence-corrected chi connectivity index (χ4v) is 4.99. The molecule has 0 fully saturated rings. The highest BCUT2D eigenvalue weighted by Crippen LogP contribution is 2.32. The summed E-state index contributed by atoms with van der Waals surface area (Å²) in [7, 11) is 1.59. The number of furan rings is 1. The van der Waals surface area contributed by atoms with Crippen molar-refractivity contribution in [3.05, 3.63) is 113 Å². The van der Waals surface area contributed by atoms with Crippen LogP contribution in [0.4, 0.5) is 13.2 Å². The van der Waals surface area contributed by atoms with Crippen molar-refractivity contribution in [1.29, 1.82) is 0 Å². The number of nitrogens with zero attached hydrogens (tertiary/aromatic N) is 3. The third kappa shape index (κ3) is 6.04. The van der Waals surface area contributed by atoms with Crippen molar-refractivity contribution in [2.24, 2.45) is 0 Å². The number of carbonyl (C=O) groups is 1. The molecule has 5 aromatic rings. The number of hydrogen-bond acceptors (Lipinski definition) is 6. The van der Waals surface area contributed by atoms with Gasteiger partial charge in [0.05, 0.1) is 24.6 Å². The van der Waals surface area contributed by atoms with Gasteiger partial charge in [0, 0.05) is 17.9 Å². The van der Waals surface area contributed by atoms with Crippen LogP contribution in [0.1, 0.15) is 27.0 Å². The number of alkyl halides is 3. The van der Waals surface area contributed by atoms with Gasteiger partial charge in [0.25, 0.3) is 5.91 Å². The van der Waals surface area contributed by atoms with E-state index in [1.165, 1.54) is 17.8 Å². The lowest BCUT2D eigenvalue weighted by molar-refractivity contribution is -0.137. The average molecular weight is 565 g/mol. The van der Waals surface area contributed by atoms with Crippen LogP contribution in [-0.4, -0.2) is 27.8 Å². The van der Waals surface area contributed by atoms with Crippen LogP contribution in [0.15, 0.2) is 101 Å². The Balaban J connectivity index is 1.35. The first kappa shape index (κ1) is 27.1. The van der Waals surface area contributed by atoms with Crippen LogP contribution in [0.25, 0.3) is 17.3 Å². The summed E-state index contributed by atoms with van der Waals surface area (Å²) in [6.45, 7) is -0.0392. The van der Waals surface area contributed by atoms with Gasteiger partial charge in [-0.05, 0) is 65.7 Å². The van der Waals surface area contributed by atoms with E-state index in [9.17, 15) is 18.0 Å². The quantitative estimate of drug-likeness (QED) is 0.199. The molecule has 2 heterocycles. The maximum absolute atomic E-state index is 13.0. The van der Waals surface area contributed by atoms with Crippen LogP contribution >= 0.6 is 11.8 Å². The molecule has 0 saturated heterocycles. The van der Waals surface area contributed by atoms with Crippen LogP contribution in [0, 0.1) is 0 Å². The maximum atomic E-state index is 13.0. The molecule has 0 atom stereocenters. The smallest absolute Gasteiger partial charge is 0.416 e. The van der Waals surface area contributed by atoms with Crippen molar-refractivity contribution in [3.8, 4) is 23.0 Å². The van der Waals surface area contributed by atoms with Gasteiger partial charge in [-0.1, -0.05) is 42.1 Å². The molecule has 0 spiro atoms. The van der Waals surface area contributed by atoms with Crippen LogP contribution in [0.2, 0.25) is 0 Å². The first-order valence-corrected chi connectivity index (χ1v) is 13.1. The number of rotatable bonds is 9. The van der Waals surface area contributed by atoms with E-state index >= 15 is 0 Å². The van der Waals surface area contributed by atoms with Crippen LogP contribution in [-0.2, 0) is 18.5 Å². The SMILES string of the molecule is COc1ccc(-n2c(SCc3ccccc3C(=O)NCc3cccc(C(F)(F)F)c3)nnc2-c2ccco2)cc1. The normalized spacial score (nSPS) is 11.4. The number of nitrogens with one attached hydrogen (secondary N) is 1. The molecule has 1 N–H and O–H groups in total. The summed E-state index contributed by atoms with van der Waals surface area (Å²) in [6, 6.07) is 23.0. The second kappa shape index (κ2) is 11.7. The third-order valence-corrected chi connectivity index (χ3v) is 7.01. The van der Waals surface area contributed by atoms with Gasteiger partial charge in [0.2, 0.25) is 5.82 Å². The predicted molar refractivity (Wildman–Crippen MR) is 144 cm³/mol. The Morgan fingerprint density at radius 1 is 1.00 bits per heavy atom. The molecule has 0 radical (unpaired) electrons. The topological polar surface area (TPSA) is 82.2 Å². The molecule has 1 amide bonds. The van der Waals surface area contributed by atoms with Gasteiger partial charge in [-0.3, -0.25) is 9.36 Å². The van der Waals surface area contributed by atoms with E-state index in [4.69, 9.17) is 9.15 Å². The highest BCUT2D eigenvalue weighted by Gasteiger charge is 2.30. The number of ether oxygens (including phenoxy) is 1. The van der Waals surface area contributed by atoms with Gasteiger partial charge < -0.3 is 14.5 Å². The van der Waals surface area contributed by atoms with Crippen molar-refractivity contribution < 1.29 is 27.1 Å². The molecule has 7 nitrogen and oxygen atoms in total. The van der Waals surface area contributed by atoms with E-state index in [0.29, 0.717) is 39.4 Å². The summed E-state index contributed by atoms with van der Waals surface area (Å²) in [5.74, 6) is 1.77. The first-order valence-electron chi connectivity index (χ1n) is 12.1.